The predicted molar refractivity (Wildman–Crippen MR) is 97.5 cm³/mol. The fourth-order valence-corrected chi connectivity index (χ4v) is 3.25. The quantitative estimate of drug-likeness (QED) is 0.630. The van der Waals surface area contributed by atoms with Crippen molar-refractivity contribution < 1.29 is 13.2 Å². The average molecular weight is 354 g/mol. The Morgan fingerprint density at radius 1 is 1.35 bits per heavy atom. The van der Waals surface area contributed by atoms with Gasteiger partial charge in [-0.25, -0.2) is 8.42 Å². The first-order chi connectivity index (χ1) is 11.0. The van der Waals surface area contributed by atoms with Crippen LogP contribution < -0.4 is 10.0 Å². The lowest BCUT2D eigenvalue weighted by Gasteiger charge is -2.16. The summed E-state index contributed by atoms with van der Waals surface area (Å²) in [4.78, 5) is 12.0. The van der Waals surface area contributed by atoms with E-state index in [0.717, 1.165) is 11.0 Å². The Balaban J connectivity index is 2.77. The summed E-state index contributed by atoms with van der Waals surface area (Å²) in [6.45, 7) is 3.82. The Kier molecular flexibility index (Phi) is 8.68. The highest BCUT2D eigenvalue weighted by Crippen LogP contribution is 2.06. The minimum Gasteiger partial charge on any atom is -0.351 e. The van der Waals surface area contributed by atoms with Crippen LogP contribution in [0.25, 0.3) is 6.08 Å². The molecule has 5 nitrogen and oxygen atoms in total. The highest BCUT2D eigenvalue weighted by Gasteiger charge is 2.22. The van der Waals surface area contributed by atoms with E-state index < -0.39 is 16.1 Å². The van der Waals surface area contributed by atoms with Crippen molar-refractivity contribution in [3.63, 3.8) is 0 Å². The third kappa shape index (κ3) is 8.01. The summed E-state index contributed by atoms with van der Waals surface area (Å²) >= 11 is 1.55. The fourth-order valence-electron chi connectivity index (χ4n) is 1.75. The fraction of sp³-hybridized carbons (Fsp3) is 0.312. The number of nitrogens with one attached hydrogen (secondary N) is 2. The highest BCUT2D eigenvalue weighted by atomic mass is 32.2. The maximum absolute atomic E-state index is 12.2. The van der Waals surface area contributed by atoms with Crippen molar-refractivity contribution in [2.45, 2.75) is 12.5 Å². The number of rotatable bonds is 10. The minimum absolute atomic E-state index is 0.302. The Bertz CT molecular complexity index is 628. The van der Waals surface area contributed by atoms with Crippen molar-refractivity contribution in [2.24, 2.45) is 0 Å². The SMILES string of the molecule is C=CCNC(=O)C(CCSC)NS(=O)(=O)/C=C/c1ccccc1. The van der Waals surface area contributed by atoms with Gasteiger partial charge in [0.05, 0.1) is 0 Å². The van der Waals surface area contributed by atoms with Gasteiger partial charge in [-0.15, -0.1) is 6.58 Å². The first-order valence-corrected chi connectivity index (χ1v) is 10.1. The molecule has 23 heavy (non-hydrogen) atoms. The maximum atomic E-state index is 12.2. The van der Waals surface area contributed by atoms with Crippen LogP contribution in [0.1, 0.15) is 12.0 Å². The van der Waals surface area contributed by atoms with Crippen molar-refractivity contribution in [3.8, 4) is 0 Å². The van der Waals surface area contributed by atoms with Crippen LogP contribution in [0.2, 0.25) is 0 Å². The Morgan fingerprint density at radius 3 is 2.65 bits per heavy atom. The van der Waals surface area contributed by atoms with Gasteiger partial charge in [0, 0.05) is 12.0 Å². The Hall–Kier alpha value is -1.57. The summed E-state index contributed by atoms with van der Waals surface area (Å²) in [6.07, 6.45) is 5.37. The zero-order valence-corrected chi connectivity index (χ0v) is 14.7. The normalized spacial score (nSPS) is 12.9. The van der Waals surface area contributed by atoms with Crippen LogP contribution in [0.3, 0.4) is 0 Å². The molecule has 0 aromatic heterocycles. The van der Waals surface area contributed by atoms with Gasteiger partial charge in [-0.1, -0.05) is 36.4 Å². The zero-order chi connectivity index (χ0) is 17.1. The molecule has 7 heteroatoms. The lowest BCUT2D eigenvalue weighted by atomic mass is 10.2. The molecule has 0 aliphatic rings. The number of thioether (sulfide) groups is 1. The number of carbonyl (C=O) groups excluding carboxylic acids is 1. The summed E-state index contributed by atoms with van der Waals surface area (Å²) in [7, 11) is -3.71. The van der Waals surface area contributed by atoms with Gasteiger partial charge >= 0.3 is 0 Å². The van der Waals surface area contributed by atoms with Gasteiger partial charge in [0.15, 0.2) is 0 Å². The number of hydrogen-bond donors (Lipinski definition) is 2. The van der Waals surface area contributed by atoms with Gasteiger partial charge in [0.1, 0.15) is 6.04 Å². The molecule has 0 saturated heterocycles. The number of benzene rings is 1. The molecule has 0 spiro atoms. The molecule has 0 bridgehead atoms. The van der Waals surface area contributed by atoms with Gasteiger partial charge < -0.3 is 5.32 Å². The first kappa shape index (κ1) is 19.5. The van der Waals surface area contributed by atoms with Crippen molar-refractivity contribution in [1.82, 2.24) is 10.0 Å². The van der Waals surface area contributed by atoms with Crippen LogP contribution in [-0.2, 0) is 14.8 Å². The van der Waals surface area contributed by atoms with Gasteiger partial charge in [0.25, 0.3) is 0 Å². The van der Waals surface area contributed by atoms with Crippen LogP contribution in [0.5, 0.6) is 0 Å². The van der Waals surface area contributed by atoms with Crippen molar-refractivity contribution in [3.05, 3.63) is 54.0 Å². The largest absolute Gasteiger partial charge is 0.351 e. The molecule has 1 atom stereocenters. The third-order valence-electron chi connectivity index (χ3n) is 2.89. The zero-order valence-electron chi connectivity index (χ0n) is 13.1. The summed E-state index contributed by atoms with van der Waals surface area (Å²) in [5.74, 6) is 0.326. The molecule has 1 aromatic rings. The summed E-state index contributed by atoms with van der Waals surface area (Å²) in [5.41, 5.74) is 0.773. The smallest absolute Gasteiger partial charge is 0.238 e. The summed E-state index contributed by atoms with van der Waals surface area (Å²) in [5, 5.41) is 3.70. The molecule has 0 aliphatic carbocycles. The van der Waals surface area contributed by atoms with Gasteiger partial charge in [0.2, 0.25) is 15.9 Å². The summed E-state index contributed by atoms with van der Waals surface area (Å²) in [6, 6.07) is 8.30. The van der Waals surface area contributed by atoms with Crippen molar-refractivity contribution in [2.75, 3.05) is 18.6 Å². The average Bonchev–Trinajstić information content (AvgIpc) is 2.55. The molecule has 1 aromatic carbocycles. The lowest BCUT2D eigenvalue weighted by molar-refractivity contribution is -0.122. The maximum Gasteiger partial charge on any atom is 0.238 e. The Labute approximate surface area is 142 Å². The Morgan fingerprint density at radius 2 is 2.04 bits per heavy atom. The van der Waals surface area contributed by atoms with E-state index in [1.807, 2.05) is 24.5 Å². The summed E-state index contributed by atoms with van der Waals surface area (Å²) < 4.78 is 26.7. The van der Waals surface area contributed by atoms with E-state index in [9.17, 15) is 13.2 Å². The van der Waals surface area contributed by atoms with E-state index in [1.165, 1.54) is 6.08 Å². The van der Waals surface area contributed by atoms with E-state index in [-0.39, 0.29) is 5.91 Å². The second-order valence-corrected chi connectivity index (χ2v) is 7.33. The van der Waals surface area contributed by atoms with Crippen molar-refractivity contribution >= 4 is 33.8 Å². The van der Waals surface area contributed by atoms with E-state index >= 15 is 0 Å². The molecule has 126 valence electrons. The monoisotopic (exact) mass is 354 g/mol. The molecule has 0 aliphatic heterocycles. The molecule has 1 unspecified atom stereocenters. The van der Waals surface area contributed by atoms with Crippen molar-refractivity contribution in [1.29, 1.82) is 0 Å². The van der Waals surface area contributed by atoms with Crippen LogP contribution >= 0.6 is 11.8 Å². The predicted octanol–water partition coefficient (Wildman–Crippen LogP) is 2.00. The van der Waals surface area contributed by atoms with Gasteiger partial charge in [-0.3, -0.25) is 4.79 Å². The van der Waals surface area contributed by atoms with Crippen LogP contribution in [0, 0.1) is 0 Å². The third-order valence-corrected chi connectivity index (χ3v) is 4.64. The first-order valence-electron chi connectivity index (χ1n) is 7.11. The van der Waals surface area contributed by atoms with Crippen LogP contribution in [0.15, 0.2) is 48.4 Å². The topological polar surface area (TPSA) is 75.3 Å². The minimum atomic E-state index is -3.71. The standard InChI is InChI=1S/C16H22N2O3S2/c1-3-11-17-16(19)15(9-12-22-2)18-23(20,21)13-10-14-7-5-4-6-8-14/h3-8,10,13,15,18H,1,9,11-12H2,2H3,(H,17,19)/b13-10+. The second-order valence-electron chi connectivity index (χ2n) is 4.74. The molecular formula is C16H22N2O3S2. The number of carbonyl (C=O) groups is 1. The van der Waals surface area contributed by atoms with Gasteiger partial charge in [-0.2, -0.15) is 16.5 Å². The van der Waals surface area contributed by atoms with Gasteiger partial charge in [-0.05, 0) is 30.1 Å². The highest BCUT2D eigenvalue weighted by molar-refractivity contribution is 7.98. The molecule has 0 fully saturated rings. The van der Waals surface area contributed by atoms with E-state index in [0.29, 0.717) is 18.7 Å². The van der Waals surface area contributed by atoms with E-state index in [2.05, 4.69) is 16.6 Å². The van der Waals surface area contributed by atoms with Crippen LogP contribution in [-0.4, -0.2) is 38.9 Å². The molecule has 0 radical (unpaired) electrons. The molecule has 0 heterocycles. The number of sulfonamides is 1. The van der Waals surface area contributed by atoms with Crippen LogP contribution in [0.4, 0.5) is 0 Å². The lowest BCUT2D eigenvalue weighted by Crippen LogP contribution is -2.46. The molecule has 1 rings (SSSR count). The number of amides is 1. The molecule has 0 saturated carbocycles. The molecule has 2 N–H and O–H groups in total. The van der Waals surface area contributed by atoms with E-state index in [1.54, 1.807) is 30.0 Å². The second kappa shape index (κ2) is 10.3. The number of hydrogen-bond acceptors (Lipinski definition) is 4. The van der Waals surface area contributed by atoms with E-state index in [4.69, 9.17) is 0 Å². The molecule has 1 amide bonds. The molecular weight excluding hydrogens is 332 g/mol.